The number of imidazole rings is 1. The lowest BCUT2D eigenvalue weighted by molar-refractivity contribution is -0.133. The molecule has 0 spiro atoms. The van der Waals surface area contributed by atoms with Crippen LogP contribution in [0.1, 0.15) is 12.6 Å². The summed E-state index contributed by atoms with van der Waals surface area (Å²) in [7, 11) is 0. The number of ether oxygens (including phenoxy) is 1. The number of aliphatic carboxylic acids is 1. The van der Waals surface area contributed by atoms with Gasteiger partial charge in [0.15, 0.2) is 16.7 Å². The van der Waals surface area contributed by atoms with E-state index in [1.807, 2.05) is 0 Å². The predicted octanol–water partition coefficient (Wildman–Crippen LogP) is 2.90. The standard InChI is InChI=1S/C14H15FN2O3S/c1-3-20-12-5-4-10(6-11(12)15)17-7-9(2)16-14(17)21-8-13(18)19/h4-7H,3,8H2,1-2H3,(H,18,19). The maximum atomic E-state index is 13.9. The molecule has 0 aliphatic heterocycles. The largest absolute Gasteiger partial charge is 0.491 e. The summed E-state index contributed by atoms with van der Waals surface area (Å²) >= 11 is 1.09. The van der Waals surface area contributed by atoms with Crippen molar-refractivity contribution >= 4 is 17.7 Å². The summed E-state index contributed by atoms with van der Waals surface area (Å²) in [4.78, 5) is 14.9. The summed E-state index contributed by atoms with van der Waals surface area (Å²) in [6.07, 6.45) is 1.74. The second-order valence-electron chi connectivity index (χ2n) is 4.27. The van der Waals surface area contributed by atoms with Crippen LogP contribution in [0, 0.1) is 12.7 Å². The molecule has 0 aliphatic rings. The van der Waals surface area contributed by atoms with E-state index in [-0.39, 0.29) is 11.5 Å². The van der Waals surface area contributed by atoms with E-state index in [4.69, 9.17) is 9.84 Å². The Bertz CT molecular complexity index is 658. The number of carboxylic acid groups (broad SMARTS) is 1. The molecule has 0 amide bonds. The number of aryl methyl sites for hydroxylation is 1. The van der Waals surface area contributed by atoms with Crippen molar-refractivity contribution in [3.63, 3.8) is 0 Å². The lowest BCUT2D eigenvalue weighted by Gasteiger charge is -2.09. The van der Waals surface area contributed by atoms with E-state index in [1.54, 1.807) is 36.7 Å². The highest BCUT2D eigenvalue weighted by Gasteiger charge is 2.12. The molecule has 1 heterocycles. The molecule has 0 fully saturated rings. The first-order chi connectivity index (χ1) is 10.0. The highest BCUT2D eigenvalue weighted by Crippen LogP contribution is 2.25. The topological polar surface area (TPSA) is 64.4 Å². The van der Waals surface area contributed by atoms with Crippen molar-refractivity contribution in [3.05, 3.63) is 35.9 Å². The highest BCUT2D eigenvalue weighted by atomic mass is 32.2. The molecule has 1 aromatic heterocycles. The highest BCUT2D eigenvalue weighted by molar-refractivity contribution is 7.99. The zero-order valence-electron chi connectivity index (χ0n) is 11.7. The first kappa shape index (κ1) is 15.4. The lowest BCUT2D eigenvalue weighted by atomic mass is 10.3. The zero-order chi connectivity index (χ0) is 15.4. The Labute approximate surface area is 125 Å². The van der Waals surface area contributed by atoms with Crippen molar-refractivity contribution in [1.29, 1.82) is 0 Å². The van der Waals surface area contributed by atoms with Crippen molar-refractivity contribution in [3.8, 4) is 11.4 Å². The van der Waals surface area contributed by atoms with Crippen molar-refractivity contribution in [1.82, 2.24) is 9.55 Å². The Morgan fingerprint density at radius 2 is 2.29 bits per heavy atom. The molecule has 0 saturated carbocycles. The van der Waals surface area contributed by atoms with Gasteiger partial charge in [0.2, 0.25) is 0 Å². The Hall–Kier alpha value is -2.02. The van der Waals surface area contributed by atoms with Crippen molar-refractivity contribution < 1.29 is 19.0 Å². The third-order valence-electron chi connectivity index (χ3n) is 2.61. The zero-order valence-corrected chi connectivity index (χ0v) is 12.5. The Kier molecular flexibility index (Phi) is 4.85. The fourth-order valence-corrected chi connectivity index (χ4v) is 2.56. The van der Waals surface area contributed by atoms with Crippen LogP contribution in [0.3, 0.4) is 0 Å². The average molecular weight is 310 g/mol. The number of nitrogens with zero attached hydrogens (tertiary/aromatic N) is 2. The van der Waals surface area contributed by atoms with Gasteiger partial charge < -0.3 is 9.84 Å². The van der Waals surface area contributed by atoms with Gasteiger partial charge in [0, 0.05) is 12.3 Å². The fourth-order valence-electron chi connectivity index (χ4n) is 1.80. The smallest absolute Gasteiger partial charge is 0.313 e. The third kappa shape index (κ3) is 3.75. The summed E-state index contributed by atoms with van der Waals surface area (Å²) in [6, 6.07) is 4.60. The quantitative estimate of drug-likeness (QED) is 0.831. The van der Waals surface area contributed by atoms with Crippen LogP contribution in [0.25, 0.3) is 5.69 Å². The van der Waals surface area contributed by atoms with Gasteiger partial charge in [-0.3, -0.25) is 9.36 Å². The molecule has 0 aliphatic carbocycles. The first-order valence-corrected chi connectivity index (χ1v) is 7.33. The maximum Gasteiger partial charge on any atom is 0.313 e. The van der Waals surface area contributed by atoms with Crippen LogP contribution in [0.4, 0.5) is 4.39 Å². The molecule has 21 heavy (non-hydrogen) atoms. The molecule has 0 unspecified atom stereocenters. The molecule has 7 heteroatoms. The van der Waals surface area contributed by atoms with Gasteiger partial charge in [0.25, 0.3) is 0 Å². The normalized spacial score (nSPS) is 10.6. The van der Waals surface area contributed by atoms with Crippen LogP contribution in [-0.4, -0.2) is 33.0 Å². The van der Waals surface area contributed by atoms with Crippen LogP contribution >= 0.6 is 11.8 Å². The fraction of sp³-hybridized carbons (Fsp3) is 0.286. The van der Waals surface area contributed by atoms with Crippen molar-refractivity contribution in [2.24, 2.45) is 0 Å². The number of halogens is 1. The summed E-state index contributed by atoms with van der Waals surface area (Å²) < 4.78 is 20.7. The second kappa shape index (κ2) is 6.62. The van der Waals surface area contributed by atoms with Gasteiger partial charge in [-0.15, -0.1) is 0 Å². The Morgan fingerprint density at radius 3 is 2.90 bits per heavy atom. The van der Waals surface area contributed by atoms with Crippen LogP contribution in [0.2, 0.25) is 0 Å². The molecule has 0 radical (unpaired) electrons. The minimum atomic E-state index is -0.926. The van der Waals surface area contributed by atoms with Gasteiger partial charge in [-0.2, -0.15) is 0 Å². The van der Waals surface area contributed by atoms with Gasteiger partial charge in [-0.05, 0) is 26.0 Å². The Morgan fingerprint density at radius 1 is 1.52 bits per heavy atom. The summed E-state index contributed by atoms with van der Waals surface area (Å²) in [5.74, 6) is -1.30. The van der Waals surface area contributed by atoms with Gasteiger partial charge in [0.1, 0.15) is 0 Å². The van der Waals surface area contributed by atoms with Crippen molar-refractivity contribution in [2.75, 3.05) is 12.4 Å². The van der Waals surface area contributed by atoms with E-state index in [9.17, 15) is 9.18 Å². The van der Waals surface area contributed by atoms with E-state index < -0.39 is 11.8 Å². The number of carbonyl (C=O) groups is 1. The number of hydrogen-bond acceptors (Lipinski definition) is 4. The molecule has 112 valence electrons. The number of rotatable bonds is 6. The second-order valence-corrected chi connectivity index (χ2v) is 5.21. The van der Waals surface area contributed by atoms with E-state index in [2.05, 4.69) is 4.98 Å². The van der Waals surface area contributed by atoms with Crippen LogP contribution < -0.4 is 4.74 Å². The number of aromatic nitrogens is 2. The molecule has 5 nitrogen and oxygen atoms in total. The molecule has 2 aromatic rings. The van der Waals surface area contributed by atoms with Gasteiger partial charge in [0.05, 0.1) is 23.7 Å². The molecule has 1 aromatic carbocycles. The average Bonchev–Trinajstić information content (AvgIpc) is 2.80. The Balaban J connectivity index is 2.33. The number of carboxylic acids is 1. The van der Waals surface area contributed by atoms with E-state index in [1.165, 1.54) is 6.07 Å². The minimum Gasteiger partial charge on any atom is -0.491 e. The first-order valence-electron chi connectivity index (χ1n) is 6.34. The van der Waals surface area contributed by atoms with E-state index >= 15 is 0 Å². The molecular formula is C14H15FN2O3S. The molecular weight excluding hydrogens is 295 g/mol. The van der Waals surface area contributed by atoms with Crippen LogP contribution in [0.15, 0.2) is 29.6 Å². The monoisotopic (exact) mass is 310 g/mol. The van der Waals surface area contributed by atoms with Crippen LogP contribution in [-0.2, 0) is 4.79 Å². The minimum absolute atomic E-state index is 0.101. The molecule has 0 bridgehead atoms. The SMILES string of the molecule is CCOc1ccc(-n2cc(C)nc2SCC(=O)O)cc1F. The van der Waals surface area contributed by atoms with Gasteiger partial charge >= 0.3 is 5.97 Å². The lowest BCUT2D eigenvalue weighted by Crippen LogP contribution is -2.02. The number of benzene rings is 1. The van der Waals surface area contributed by atoms with Crippen molar-refractivity contribution in [2.45, 2.75) is 19.0 Å². The van der Waals surface area contributed by atoms with E-state index in [0.29, 0.717) is 17.5 Å². The molecule has 2 rings (SSSR count). The maximum absolute atomic E-state index is 13.9. The van der Waals surface area contributed by atoms with Gasteiger partial charge in [-0.25, -0.2) is 9.37 Å². The molecule has 0 saturated heterocycles. The summed E-state index contributed by atoms with van der Waals surface area (Å²) in [5.41, 5.74) is 1.31. The van der Waals surface area contributed by atoms with Crippen LogP contribution in [0.5, 0.6) is 5.75 Å². The third-order valence-corrected chi connectivity index (χ3v) is 3.55. The molecule has 1 N–H and O–H groups in total. The number of thioether (sulfide) groups is 1. The predicted molar refractivity (Wildman–Crippen MR) is 77.8 cm³/mol. The summed E-state index contributed by atoms with van der Waals surface area (Å²) in [5, 5.41) is 9.26. The number of hydrogen-bond donors (Lipinski definition) is 1. The molecule has 0 atom stereocenters. The van der Waals surface area contributed by atoms with Gasteiger partial charge in [-0.1, -0.05) is 11.8 Å². The summed E-state index contributed by atoms with van der Waals surface area (Å²) in [6.45, 7) is 3.97. The van der Waals surface area contributed by atoms with E-state index in [0.717, 1.165) is 17.5 Å².